The Labute approximate surface area is 141 Å². The first-order valence-corrected chi connectivity index (χ1v) is 8.18. The van der Waals surface area contributed by atoms with Crippen molar-refractivity contribution in [1.29, 1.82) is 5.26 Å². The topological polar surface area (TPSA) is 69.3 Å². The van der Waals surface area contributed by atoms with Crippen LogP contribution in [0.4, 0.5) is 0 Å². The minimum absolute atomic E-state index is 0.0143. The lowest BCUT2D eigenvalue weighted by atomic mass is 10.2. The third-order valence-electron chi connectivity index (χ3n) is 4.51. The van der Waals surface area contributed by atoms with E-state index in [2.05, 4.69) is 6.07 Å². The van der Waals surface area contributed by atoms with E-state index in [9.17, 15) is 9.90 Å². The molecule has 0 saturated heterocycles. The molecule has 1 N–H and O–H groups in total. The Balaban J connectivity index is 1.96. The van der Waals surface area contributed by atoms with Crippen molar-refractivity contribution < 1.29 is 9.90 Å². The summed E-state index contributed by atoms with van der Waals surface area (Å²) in [7, 11) is 0. The lowest BCUT2D eigenvalue weighted by Crippen LogP contribution is -2.35. The molecule has 1 aromatic carbocycles. The Morgan fingerprint density at radius 1 is 1.33 bits per heavy atom. The highest BCUT2D eigenvalue weighted by Crippen LogP contribution is 2.30. The lowest BCUT2D eigenvalue weighted by Gasteiger charge is -2.21. The first kappa shape index (κ1) is 16.3. The van der Waals surface area contributed by atoms with Crippen LogP contribution in [0.1, 0.15) is 40.2 Å². The number of aliphatic hydroxyl groups excluding tert-OH is 1. The molecule has 0 aliphatic heterocycles. The van der Waals surface area contributed by atoms with E-state index in [1.54, 1.807) is 17.0 Å². The highest BCUT2D eigenvalue weighted by Gasteiger charge is 2.34. The maximum atomic E-state index is 12.9. The van der Waals surface area contributed by atoms with Gasteiger partial charge in [0.15, 0.2) is 0 Å². The third kappa shape index (κ3) is 2.93. The second-order valence-electron chi connectivity index (χ2n) is 6.23. The third-order valence-corrected chi connectivity index (χ3v) is 4.51. The fraction of sp³-hybridized carbons (Fsp3) is 0.368. The van der Waals surface area contributed by atoms with E-state index in [1.807, 2.05) is 36.6 Å². The van der Waals surface area contributed by atoms with Crippen molar-refractivity contribution in [2.45, 2.75) is 32.7 Å². The zero-order valence-corrected chi connectivity index (χ0v) is 14.0. The summed E-state index contributed by atoms with van der Waals surface area (Å²) in [6, 6.07) is 11.6. The number of nitriles is 1. The number of carbonyl (C=O) groups excluding carboxylic acids is 1. The number of hydrogen-bond donors (Lipinski definition) is 1. The monoisotopic (exact) mass is 323 g/mol. The molecule has 1 amide bonds. The molecular weight excluding hydrogens is 302 g/mol. The maximum Gasteiger partial charge on any atom is 0.256 e. The highest BCUT2D eigenvalue weighted by molar-refractivity contribution is 5.96. The van der Waals surface area contributed by atoms with Crippen LogP contribution in [0.2, 0.25) is 0 Å². The van der Waals surface area contributed by atoms with Crippen LogP contribution in [0, 0.1) is 25.2 Å². The van der Waals surface area contributed by atoms with Gasteiger partial charge in [-0.2, -0.15) is 5.26 Å². The number of rotatable bonds is 5. The predicted octanol–water partition coefficient (Wildman–Crippen LogP) is 2.56. The van der Waals surface area contributed by atoms with Crippen LogP contribution in [0.5, 0.6) is 0 Å². The first-order chi connectivity index (χ1) is 11.6. The van der Waals surface area contributed by atoms with Gasteiger partial charge >= 0.3 is 0 Å². The van der Waals surface area contributed by atoms with Gasteiger partial charge in [0, 0.05) is 29.7 Å². The van der Waals surface area contributed by atoms with Crippen LogP contribution in [0.15, 0.2) is 30.3 Å². The molecule has 5 heteroatoms. The van der Waals surface area contributed by atoms with Crippen molar-refractivity contribution in [3.05, 3.63) is 52.8 Å². The molecular formula is C19H21N3O2. The van der Waals surface area contributed by atoms with Crippen LogP contribution in [0.25, 0.3) is 5.69 Å². The van der Waals surface area contributed by atoms with Crippen LogP contribution >= 0.6 is 0 Å². The summed E-state index contributed by atoms with van der Waals surface area (Å²) in [6.45, 7) is 4.26. The SMILES string of the molecule is Cc1cc(C(=O)N(CCO)C2CC2)c(C)n1-c1ccc(C#N)cc1. The molecule has 1 heterocycles. The fourth-order valence-corrected chi connectivity index (χ4v) is 3.16. The van der Waals surface area contributed by atoms with E-state index < -0.39 is 0 Å². The normalized spacial score (nSPS) is 13.6. The number of aliphatic hydroxyl groups is 1. The van der Waals surface area contributed by atoms with Gasteiger partial charge in [0.2, 0.25) is 0 Å². The molecule has 0 bridgehead atoms. The van der Waals surface area contributed by atoms with Gasteiger partial charge in [-0.1, -0.05) is 0 Å². The van der Waals surface area contributed by atoms with Crippen LogP contribution in [0.3, 0.4) is 0 Å². The Hall–Kier alpha value is -2.58. The molecule has 1 aliphatic carbocycles. The van der Waals surface area contributed by atoms with E-state index in [4.69, 9.17) is 5.26 Å². The van der Waals surface area contributed by atoms with Gasteiger partial charge in [-0.05, 0) is 57.0 Å². The number of nitrogens with zero attached hydrogens (tertiary/aromatic N) is 3. The smallest absolute Gasteiger partial charge is 0.256 e. The Morgan fingerprint density at radius 2 is 2.00 bits per heavy atom. The molecule has 1 aliphatic rings. The summed E-state index contributed by atoms with van der Waals surface area (Å²) in [5.41, 5.74) is 4.08. The lowest BCUT2D eigenvalue weighted by molar-refractivity contribution is 0.0707. The standard InChI is InChI=1S/C19H21N3O2/c1-13-11-18(19(24)21(9-10-23)16-7-8-16)14(2)22(13)17-5-3-15(12-20)4-6-17/h3-6,11,16,23H,7-10H2,1-2H3. The second-order valence-corrected chi connectivity index (χ2v) is 6.23. The molecule has 24 heavy (non-hydrogen) atoms. The van der Waals surface area contributed by atoms with E-state index in [-0.39, 0.29) is 18.6 Å². The molecule has 0 radical (unpaired) electrons. The van der Waals surface area contributed by atoms with E-state index >= 15 is 0 Å². The molecule has 5 nitrogen and oxygen atoms in total. The largest absolute Gasteiger partial charge is 0.395 e. The van der Waals surface area contributed by atoms with Crippen molar-refractivity contribution in [2.75, 3.05) is 13.2 Å². The molecule has 1 saturated carbocycles. The van der Waals surface area contributed by atoms with Crippen molar-refractivity contribution >= 4 is 5.91 Å². The summed E-state index contributed by atoms with van der Waals surface area (Å²) in [4.78, 5) is 14.7. The van der Waals surface area contributed by atoms with Gasteiger partial charge in [-0.3, -0.25) is 4.79 Å². The predicted molar refractivity (Wildman–Crippen MR) is 91.1 cm³/mol. The van der Waals surface area contributed by atoms with Crippen LogP contribution in [-0.4, -0.2) is 39.7 Å². The van der Waals surface area contributed by atoms with E-state index in [0.29, 0.717) is 17.7 Å². The van der Waals surface area contributed by atoms with Crippen molar-refractivity contribution in [1.82, 2.24) is 9.47 Å². The minimum atomic E-state index is -0.0173. The average molecular weight is 323 g/mol. The van der Waals surface area contributed by atoms with Gasteiger partial charge in [0.25, 0.3) is 5.91 Å². The van der Waals surface area contributed by atoms with E-state index in [0.717, 1.165) is 29.9 Å². The summed E-state index contributed by atoms with van der Waals surface area (Å²) >= 11 is 0. The molecule has 1 fully saturated rings. The number of carbonyl (C=O) groups is 1. The van der Waals surface area contributed by atoms with Crippen LogP contribution < -0.4 is 0 Å². The van der Waals surface area contributed by atoms with Gasteiger partial charge in [0.05, 0.1) is 23.8 Å². The number of aromatic nitrogens is 1. The summed E-state index contributed by atoms with van der Waals surface area (Å²) in [6.07, 6.45) is 2.03. The number of aryl methyl sites for hydroxylation is 1. The molecule has 124 valence electrons. The Bertz CT molecular complexity index is 795. The Kier molecular flexibility index (Phi) is 4.41. The molecule has 0 spiro atoms. The first-order valence-electron chi connectivity index (χ1n) is 8.18. The number of hydrogen-bond acceptors (Lipinski definition) is 3. The van der Waals surface area contributed by atoms with Gasteiger partial charge in [-0.15, -0.1) is 0 Å². The average Bonchev–Trinajstić information content (AvgIpc) is 3.38. The van der Waals surface area contributed by atoms with Gasteiger partial charge in [0.1, 0.15) is 0 Å². The van der Waals surface area contributed by atoms with Crippen LogP contribution in [-0.2, 0) is 0 Å². The molecule has 2 aromatic rings. The quantitative estimate of drug-likeness (QED) is 0.919. The highest BCUT2D eigenvalue weighted by atomic mass is 16.3. The molecule has 3 rings (SSSR count). The number of benzene rings is 1. The Morgan fingerprint density at radius 3 is 2.54 bits per heavy atom. The summed E-state index contributed by atoms with van der Waals surface area (Å²) in [5, 5.41) is 18.2. The molecule has 0 unspecified atom stereocenters. The van der Waals surface area contributed by atoms with Gasteiger partial charge < -0.3 is 14.6 Å². The van der Waals surface area contributed by atoms with Crippen molar-refractivity contribution in [2.24, 2.45) is 0 Å². The summed E-state index contributed by atoms with van der Waals surface area (Å²) in [5.74, 6) is -0.0143. The van der Waals surface area contributed by atoms with Crippen molar-refractivity contribution in [3.8, 4) is 11.8 Å². The van der Waals surface area contributed by atoms with Gasteiger partial charge in [-0.25, -0.2) is 0 Å². The zero-order chi connectivity index (χ0) is 17.3. The van der Waals surface area contributed by atoms with Crippen molar-refractivity contribution in [3.63, 3.8) is 0 Å². The fourth-order valence-electron chi connectivity index (χ4n) is 3.16. The molecule has 1 aromatic heterocycles. The number of amides is 1. The zero-order valence-electron chi connectivity index (χ0n) is 14.0. The van der Waals surface area contributed by atoms with E-state index in [1.165, 1.54) is 0 Å². The minimum Gasteiger partial charge on any atom is -0.395 e. The maximum absolute atomic E-state index is 12.9. The second kappa shape index (κ2) is 6.50. The summed E-state index contributed by atoms with van der Waals surface area (Å²) < 4.78 is 2.03. The molecule has 0 atom stereocenters.